The Kier molecular flexibility index (Phi) is 3.67. The average molecular weight is 298 g/mol. The van der Waals surface area contributed by atoms with Gasteiger partial charge in [0.25, 0.3) is 0 Å². The monoisotopic (exact) mass is 298 g/mol. The van der Waals surface area contributed by atoms with E-state index in [0.29, 0.717) is 0 Å². The van der Waals surface area contributed by atoms with Crippen LogP contribution in [0, 0.1) is 0 Å². The highest BCUT2D eigenvalue weighted by Gasteiger charge is 2.11. The fourth-order valence-corrected chi connectivity index (χ4v) is 2.68. The first-order chi connectivity index (χ1) is 10.7. The summed E-state index contributed by atoms with van der Waals surface area (Å²) in [5.41, 5.74) is 0. The van der Waals surface area contributed by atoms with Crippen molar-refractivity contribution in [2.45, 2.75) is 0 Å². The van der Waals surface area contributed by atoms with E-state index in [1.807, 2.05) is 24.3 Å². The molecule has 0 saturated heterocycles. The molecule has 0 aliphatic carbocycles. The molecule has 0 radical (unpaired) electrons. The van der Waals surface area contributed by atoms with Crippen molar-refractivity contribution in [3.05, 3.63) is 36.4 Å². The van der Waals surface area contributed by atoms with E-state index >= 15 is 0 Å². The predicted molar refractivity (Wildman–Crippen MR) is 87.7 cm³/mol. The lowest BCUT2D eigenvalue weighted by Crippen LogP contribution is -1.91. The normalized spacial score (nSPS) is 10.7. The minimum atomic E-state index is 0.760. The van der Waals surface area contributed by atoms with Crippen LogP contribution in [-0.2, 0) is 0 Å². The quantitative estimate of drug-likeness (QED) is 0.682. The van der Waals surface area contributed by atoms with Crippen LogP contribution < -0.4 is 18.9 Å². The molecule has 0 aliphatic heterocycles. The summed E-state index contributed by atoms with van der Waals surface area (Å²) in [7, 11) is 6.61. The van der Waals surface area contributed by atoms with Crippen molar-refractivity contribution in [3.8, 4) is 23.0 Å². The fraction of sp³-hybridized carbons (Fsp3) is 0.222. The van der Waals surface area contributed by atoms with Crippen molar-refractivity contribution in [1.29, 1.82) is 0 Å². The van der Waals surface area contributed by atoms with Gasteiger partial charge in [0.05, 0.1) is 28.4 Å². The van der Waals surface area contributed by atoms with Gasteiger partial charge in [-0.25, -0.2) is 0 Å². The van der Waals surface area contributed by atoms with Crippen molar-refractivity contribution in [1.82, 2.24) is 0 Å². The molecule has 4 heteroatoms. The Labute approximate surface area is 129 Å². The van der Waals surface area contributed by atoms with Crippen LogP contribution in [0.5, 0.6) is 23.0 Å². The van der Waals surface area contributed by atoms with E-state index in [9.17, 15) is 0 Å². The van der Waals surface area contributed by atoms with Crippen LogP contribution in [0.25, 0.3) is 21.5 Å². The molecule has 3 aromatic rings. The first-order valence-corrected chi connectivity index (χ1v) is 6.91. The molecule has 0 unspecified atom stereocenters. The minimum Gasteiger partial charge on any atom is -0.497 e. The molecule has 0 atom stereocenters. The van der Waals surface area contributed by atoms with Gasteiger partial charge in [-0.15, -0.1) is 0 Å². The minimum absolute atomic E-state index is 0.760. The highest BCUT2D eigenvalue weighted by Crippen LogP contribution is 2.38. The lowest BCUT2D eigenvalue weighted by Gasteiger charge is -2.13. The highest BCUT2D eigenvalue weighted by atomic mass is 16.5. The van der Waals surface area contributed by atoms with Gasteiger partial charge in [-0.1, -0.05) is 0 Å². The summed E-state index contributed by atoms with van der Waals surface area (Å²) in [4.78, 5) is 0. The van der Waals surface area contributed by atoms with E-state index in [4.69, 9.17) is 18.9 Å². The molecule has 0 aliphatic rings. The number of fused-ring (bicyclic) bond motifs is 2. The molecule has 0 N–H and O–H groups in total. The lowest BCUT2D eigenvalue weighted by molar-refractivity contribution is 0.397. The van der Waals surface area contributed by atoms with Gasteiger partial charge < -0.3 is 18.9 Å². The molecule has 0 bridgehead atoms. The maximum atomic E-state index is 5.49. The molecule has 0 amide bonds. The molecule has 4 nitrogen and oxygen atoms in total. The van der Waals surface area contributed by atoms with Gasteiger partial charge in [0.15, 0.2) is 0 Å². The van der Waals surface area contributed by atoms with E-state index in [1.165, 1.54) is 0 Å². The third-order valence-corrected chi connectivity index (χ3v) is 3.81. The van der Waals surface area contributed by atoms with Crippen LogP contribution in [0.2, 0.25) is 0 Å². The van der Waals surface area contributed by atoms with E-state index in [1.54, 1.807) is 28.4 Å². The summed E-state index contributed by atoms with van der Waals surface area (Å²) in [5, 5.41) is 4.11. The van der Waals surface area contributed by atoms with Gasteiger partial charge in [-0.3, -0.25) is 0 Å². The number of benzene rings is 3. The summed E-state index contributed by atoms with van der Waals surface area (Å²) < 4.78 is 21.7. The topological polar surface area (TPSA) is 36.9 Å². The molecule has 0 spiro atoms. The summed E-state index contributed by atoms with van der Waals surface area (Å²) in [6.07, 6.45) is 0. The zero-order valence-electron chi connectivity index (χ0n) is 13.1. The smallest absolute Gasteiger partial charge is 0.130 e. The van der Waals surface area contributed by atoms with E-state index in [2.05, 4.69) is 12.1 Å². The molecule has 0 fully saturated rings. The first-order valence-electron chi connectivity index (χ1n) is 6.91. The second-order valence-electron chi connectivity index (χ2n) is 4.95. The highest BCUT2D eigenvalue weighted by molar-refractivity contribution is 6.04. The second-order valence-corrected chi connectivity index (χ2v) is 4.95. The summed E-state index contributed by atoms with van der Waals surface area (Å²) in [6.45, 7) is 0. The van der Waals surface area contributed by atoms with Crippen LogP contribution in [0.3, 0.4) is 0 Å². The van der Waals surface area contributed by atoms with Crippen molar-refractivity contribution in [2.24, 2.45) is 0 Å². The van der Waals surface area contributed by atoms with Crippen LogP contribution in [0.15, 0.2) is 36.4 Å². The van der Waals surface area contributed by atoms with Crippen LogP contribution >= 0.6 is 0 Å². The molecule has 22 heavy (non-hydrogen) atoms. The summed E-state index contributed by atoms with van der Waals surface area (Å²) in [6, 6.07) is 11.9. The molecule has 3 aromatic carbocycles. The average Bonchev–Trinajstić information content (AvgIpc) is 2.57. The Balaban J connectivity index is 2.39. The maximum absolute atomic E-state index is 5.49. The van der Waals surface area contributed by atoms with Crippen LogP contribution in [0.4, 0.5) is 0 Å². The Bertz CT molecular complexity index is 768. The fourth-order valence-electron chi connectivity index (χ4n) is 2.68. The Morgan fingerprint density at radius 2 is 0.909 bits per heavy atom. The van der Waals surface area contributed by atoms with E-state index in [-0.39, 0.29) is 0 Å². The molecular weight excluding hydrogens is 280 g/mol. The number of hydrogen-bond donors (Lipinski definition) is 0. The van der Waals surface area contributed by atoms with Crippen molar-refractivity contribution >= 4 is 21.5 Å². The first kappa shape index (κ1) is 14.3. The molecule has 0 saturated carbocycles. The molecular formula is C18H18O4. The van der Waals surface area contributed by atoms with E-state index < -0.39 is 0 Å². The number of ether oxygens (including phenoxy) is 4. The second kappa shape index (κ2) is 5.64. The molecule has 114 valence electrons. The van der Waals surface area contributed by atoms with Gasteiger partial charge in [-0.05, 0) is 35.0 Å². The van der Waals surface area contributed by atoms with Crippen LogP contribution in [0.1, 0.15) is 0 Å². The van der Waals surface area contributed by atoms with Gasteiger partial charge in [0.2, 0.25) is 0 Å². The summed E-state index contributed by atoms with van der Waals surface area (Å²) in [5.74, 6) is 3.07. The number of methoxy groups -OCH3 is 4. The van der Waals surface area contributed by atoms with Gasteiger partial charge in [0.1, 0.15) is 23.0 Å². The lowest BCUT2D eigenvalue weighted by atomic mass is 10.0. The maximum Gasteiger partial charge on any atom is 0.130 e. The third kappa shape index (κ3) is 2.26. The number of rotatable bonds is 4. The standard InChI is InChI=1S/C18H18O4/c1-19-13-5-11-7-16-12(8-15(11)17(9-13)21-3)6-14(20-2)10-18(16)22-4/h5-10H,1-4H3. The molecule has 3 rings (SSSR count). The van der Waals surface area contributed by atoms with E-state index in [0.717, 1.165) is 44.5 Å². The third-order valence-electron chi connectivity index (χ3n) is 3.81. The van der Waals surface area contributed by atoms with Gasteiger partial charge >= 0.3 is 0 Å². The Morgan fingerprint density at radius 3 is 1.23 bits per heavy atom. The SMILES string of the molecule is COc1cc(OC)c2cc3cc(OC)cc(OC)c3cc2c1. The van der Waals surface area contributed by atoms with Gasteiger partial charge in [0, 0.05) is 22.9 Å². The van der Waals surface area contributed by atoms with Crippen molar-refractivity contribution in [2.75, 3.05) is 28.4 Å². The molecule has 0 heterocycles. The van der Waals surface area contributed by atoms with Crippen molar-refractivity contribution in [3.63, 3.8) is 0 Å². The van der Waals surface area contributed by atoms with Gasteiger partial charge in [-0.2, -0.15) is 0 Å². The summed E-state index contributed by atoms with van der Waals surface area (Å²) >= 11 is 0. The number of hydrogen-bond acceptors (Lipinski definition) is 4. The zero-order valence-corrected chi connectivity index (χ0v) is 13.1. The Hall–Kier alpha value is -2.62. The Morgan fingerprint density at radius 1 is 0.500 bits per heavy atom. The van der Waals surface area contributed by atoms with Crippen molar-refractivity contribution < 1.29 is 18.9 Å². The molecule has 0 aromatic heterocycles. The predicted octanol–water partition coefficient (Wildman–Crippen LogP) is 4.03. The zero-order chi connectivity index (χ0) is 15.7. The largest absolute Gasteiger partial charge is 0.497 e. The van der Waals surface area contributed by atoms with Crippen LogP contribution in [-0.4, -0.2) is 28.4 Å².